The summed E-state index contributed by atoms with van der Waals surface area (Å²) in [4.78, 5) is 41.1. The molecule has 0 aliphatic heterocycles. The van der Waals surface area contributed by atoms with Gasteiger partial charge in [-0.05, 0) is 26.0 Å². The molecule has 2 aromatic heterocycles. The Kier molecular flexibility index (Phi) is 5.35. The number of furan rings is 1. The van der Waals surface area contributed by atoms with Crippen molar-refractivity contribution >= 4 is 28.7 Å². The van der Waals surface area contributed by atoms with Crippen LogP contribution >= 0.6 is 0 Å². The van der Waals surface area contributed by atoms with E-state index in [1.165, 1.54) is 10.9 Å². The average molecular weight is 369 g/mol. The lowest BCUT2D eigenvalue weighted by Crippen LogP contribution is -2.24. The number of anilines is 1. The molecule has 0 fully saturated rings. The predicted molar refractivity (Wildman–Crippen MR) is 98.7 cm³/mol. The molecule has 140 valence electrons. The van der Waals surface area contributed by atoms with Crippen molar-refractivity contribution in [3.8, 4) is 0 Å². The number of aromatic nitrogens is 2. The number of fused-ring (bicyclic) bond motifs is 1. The van der Waals surface area contributed by atoms with E-state index in [9.17, 15) is 14.4 Å². The van der Waals surface area contributed by atoms with Crippen molar-refractivity contribution in [2.75, 3.05) is 11.9 Å². The van der Waals surface area contributed by atoms with Crippen LogP contribution in [0.5, 0.6) is 0 Å². The molecule has 1 aromatic carbocycles. The molecule has 0 saturated carbocycles. The standard InChI is InChI=1S/C19H19N3O5/c1-3-26-19(25)15-12(2)27-17-16(15)18(24)22(11-20-17)10-9-14(23)21-13-7-5-4-6-8-13/h4-8,11H,3,9-10H2,1-2H3,(H,21,23). The van der Waals surface area contributed by atoms with Crippen LogP contribution in [-0.2, 0) is 16.1 Å². The van der Waals surface area contributed by atoms with E-state index in [0.29, 0.717) is 5.69 Å². The first-order valence-corrected chi connectivity index (χ1v) is 8.51. The Morgan fingerprint density at radius 1 is 1.26 bits per heavy atom. The fraction of sp³-hybridized carbons (Fsp3) is 0.263. The van der Waals surface area contributed by atoms with E-state index in [4.69, 9.17) is 9.15 Å². The number of carbonyl (C=O) groups excluding carboxylic acids is 2. The Labute approximate surface area is 154 Å². The summed E-state index contributed by atoms with van der Waals surface area (Å²) in [5.74, 6) is -0.595. The number of hydrogen-bond donors (Lipinski definition) is 1. The van der Waals surface area contributed by atoms with Crippen molar-refractivity contribution in [3.63, 3.8) is 0 Å². The molecule has 0 saturated heterocycles. The molecule has 3 rings (SSSR count). The van der Waals surface area contributed by atoms with Crippen molar-refractivity contribution in [1.82, 2.24) is 9.55 Å². The highest BCUT2D eigenvalue weighted by Gasteiger charge is 2.23. The molecule has 8 nitrogen and oxygen atoms in total. The van der Waals surface area contributed by atoms with Gasteiger partial charge in [-0.3, -0.25) is 14.2 Å². The van der Waals surface area contributed by atoms with E-state index in [0.717, 1.165) is 0 Å². The predicted octanol–water partition coefficient (Wildman–Crippen LogP) is 2.50. The number of aryl methyl sites for hydroxylation is 2. The monoisotopic (exact) mass is 369 g/mol. The van der Waals surface area contributed by atoms with Gasteiger partial charge < -0.3 is 14.5 Å². The molecule has 1 N–H and O–H groups in total. The van der Waals surface area contributed by atoms with Crippen LogP contribution in [0.25, 0.3) is 11.1 Å². The number of nitrogens with zero attached hydrogens (tertiary/aromatic N) is 2. The van der Waals surface area contributed by atoms with Crippen molar-refractivity contribution in [2.45, 2.75) is 26.8 Å². The molecular weight excluding hydrogens is 350 g/mol. The molecular formula is C19H19N3O5. The molecule has 0 unspecified atom stereocenters. The number of ether oxygens (including phenoxy) is 1. The number of carbonyl (C=O) groups is 2. The highest BCUT2D eigenvalue weighted by Crippen LogP contribution is 2.21. The molecule has 0 spiro atoms. The fourth-order valence-corrected chi connectivity index (χ4v) is 2.71. The van der Waals surface area contributed by atoms with Gasteiger partial charge in [0, 0.05) is 18.7 Å². The Hall–Kier alpha value is -3.42. The van der Waals surface area contributed by atoms with Gasteiger partial charge in [0.25, 0.3) is 5.56 Å². The summed E-state index contributed by atoms with van der Waals surface area (Å²) < 4.78 is 11.7. The van der Waals surface area contributed by atoms with Crippen LogP contribution in [0.2, 0.25) is 0 Å². The highest BCUT2D eigenvalue weighted by atomic mass is 16.5. The van der Waals surface area contributed by atoms with E-state index < -0.39 is 11.5 Å². The molecule has 8 heteroatoms. The summed E-state index contributed by atoms with van der Waals surface area (Å²) in [6.45, 7) is 3.55. The molecule has 3 aromatic rings. The number of amides is 1. The van der Waals surface area contributed by atoms with Crippen LogP contribution in [0.15, 0.2) is 45.9 Å². The maximum absolute atomic E-state index is 12.8. The van der Waals surface area contributed by atoms with Crippen molar-refractivity contribution in [3.05, 3.63) is 58.3 Å². The first-order chi connectivity index (χ1) is 13.0. The second-order valence-corrected chi connectivity index (χ2v) is 5.84. The summed E-state index contributed by atoms with van der Waals surface area (Å²) in [5.41, 5.74) is 0.379. The number of para-hydroxylation sites is 1. The van der Waals surface area contributed by atoms with E-state index in [1.807, 2.05) is 18.2 Å². The summed E-state index contributed by atoms with van der Waals surface area (Å²) in [6, 6.07) is 9.03. The maximum Gasteiger partial charge on any atom is 0.342 e. The van der Waals surface area contributed by atoms with Crippen molar-refractivity contribution in [1.29, 1.82) is 0 Å². The topological polar surface area (TPSA) is 103 Å². The lowest BCUT2D eigenvalue weighted by atomic mass is 10.2. The van der Waals surface area contributed by atoms with Crippen LogP contribution in [0.3, 0.4) is 0 Å². The molecule has 0 radical (unpaired) electrons. The molecule has 0 atom stereocenters. The van der Waals surface area contributed by atoms with Gasteiger partial charge in [-0.1, -0.05) is 18.2 Å². The Morgan fingerprint density at radius 2 is 2.00 bits per heavy atom. The van der Waals surface area contributed by atoms with E-state index in [-0.39, 0.29) is 47.9 Å². The zero-order chi connectivity index (χ0) is 19.4. The van der Waals surface area contributed by atoms with E-state index >= 15 is 0 Å². The Morgan fingerprint density at radius 3 is 2.70 bits per heavy atom. The highest BCUT2D eigenvalue weighted by molar-refractivity contribution is 6.03. The smallest absolute Gasteiger partial charge is 0.342 e. The van der Waals surface area contributed by atoms with Gasteiger partial charge in [-0.25, -0.2) is 9.78 Å². The van der Waals surface area contributed by atoms with Crippen LogP contribution in [0.4, 0.5) is 5.69 Å². The van der Waals surface area contributed by atoms with Crippen molar-refractivity contribution < 1.29 is 18.7 Å². The van der Waals surface area contributed by atoms with Gasteiger partial charge in [-0.2, -0.15) is 0 Å². The quantitative estimate of drug-likeness (QED) is 0.670. The fourth-order valence-electron chi connectivity index (χ4n) is 2.71. The van der Waals surface area contributed by atoms with Gasteiger partial charge in [0.2, 0.25) is 11.6 Å². The zero-order valence-corrected chi connectivity index (χ0v) is 15.0. The third kappa shape index (κ3) is 3.89. The second kappa shape index (κ2) is 7.86. The average Bonchev–Trinajstić information content (AvgIpc) is 2.99. The normalized spacial score (nSPS) is 10.7. The lowest BCUT2D eigenvalue weighted by molar-refractivity contribution is -0.116. The minimum Gasteiger partial charge on any atom is -0.462 e. The van der Waals surface area contributed by atoms with Crippen molar-refractivity contribution in [2.24, 2.45) is 0 Å². The molecule has 27 heavy (non-hydrogen) atoms. The third-order valence-electron chi connectivity index (χ3n) is 3.97. The molecule has 0 aliphatic rings. The number of hydrogen-bond acceptors (Lipinski definition) is 6. The summed E-state index contributed by atoms with van der Waals surface area (Å²) in [5, 5.41) is 2.82. The minimum absolute atomic E-state index is 0.0666. The van der Waals surface area contributed by atoms with E-state index in [2.05, 4.69) is 10.3 Å². The zero-order valence-electron chi connectivity index (χ0n) is 15.0. The van der Waals surface area contributed by atoms with Crippen LogP contribution in [0, 0.1) is 6.92 Å². The van der Waals surface area contributed by atoms with Gasteiger partial charge in [-0.15, -0.1) is 0 Å². The summed E-state index contributed by atoms with van der Waals surface area (Å²) in [6.07, 6.45) is 1.38. The third-order valence-corrected chi connectivity index (χ3v) is 3.97. The van der Waals surface area contributed by atoms with E-state index in [1.54, 1.807) is 26.0 Å². The maximum atomic E-state index is 12.8. The molecule has 0 bridgehead atoms. The second-order valence-electron chi connectivity index (χ2n) is 5.84. The SMILES string of the molecule is CCOC(=O)c1c(C)oc2ncn(CCC(=O)Nc3ccccc3)c(=O)c12. The number of rotatable bonds is 6. The molecule has 0 aliphatic carbocycles. The minimum atomic E-state index is -0.632. The van der Waals surface area contributed by atoms with Crippen LogP contribution in [0.1, 0.15) is 29.5 Å². The molecule has 1 amide bonds. The first kappa shape index (κ1) is 18.4. The lowest BCUT2D eigenvalue weighted by Gasteiger charge is -2.07. The van der Waals surface area contributed by atoms with Gasteiger partial charge in [0.1, 0.15) is 23.0 Å². The Bertz CT molecular complexity index is 1040. The number of benzene rings is 1. The summed E-state index contributed by atoms with van der Waals surface area (Å²) in [7, 11) is 0. The van der Waals surface area contributed by atoms with Gasteiger partial charge in [0.05, 0.1) is 6.61 Å². The van der Waals surface area contributed by atoms with Crippen LogP contribution < -0.4 is 10.9 Å². The Balaban J connectivity index is 1.82. The number of esters is 1. The van der Waals surface area contributed by atoms with Gasteiger partial charge in [0.15, 0.2) is 0 Å². The largest absolute Gasteiger partial charge is 0.462 e. The summed E-state index contributed by atoms with van der Waals surface area (Å²) >= 11 is 0. The number of nitrogens with one attached hydrogen (secondary N) is 1. The first-order valence-electron chi connectivity index (χ1n) is 8.51. The molecule has 2 heterocycles. The van der Waals surface area contributed by atoms with Crippen LogP contribution in [-0.4, -0.2) is 28.0 Å². The van der Waals surface area contributed by atoms with Gasteiger partial charge >= 0.3 is 5.97 Å².